The Morgan fingerprint density at radius 2 is 1.95 bits per heavy atom. The zero-order valence-corrected chi connectivity index (χ0v) is 12.8. The van der Waals surface area contributed by atoms with Crippen molar-refractivity contribution >= 4 is 38.5 Å². The molecule has 20 heavy (non-hydrogen) atoms. The number of amides is 1. The van der Waals surface area contributed by atoms with E-state index < -0.39 is 5.78 Å². The second kappa shape index (κ2) is 5.05. The minimum atomic E-state index is -0.409. The van der Waals surface area contributed by atoms with Crippen LogP contribution in [-0.2, 0) is 4.79 Å². The average Bonchev–Trinajstić information content (AvgIpc) is 3.04. The largest absolute Gasteiger partial charge is 0.358 e. The van der Waals surface area contributed by atoms with Crippen LogP contribution in [0.25, 0.3) is 10.9 Å². The molecule has 0 bridgehead atoms. The van der Waals surface area contributed by atoms with Gasteiger partial charge in [0.25, 0.3) is 11.7 Å². The molecule has 1 N–H and O–H groups in total. The number of carbonyl (C=O) groups excluding carboxylic acids is 2. The quantitative estimate of drug-likeness (QED) is 0.677. The summed E-state index contributed by atoms with van der Waals surface area (Å²) in [6.07, 6.45) is 1.97. The van der Waals surface area contributed by atoms with Gasteiger partial charge in [-0.3, -0.25) is 9.59 Å². The van der Waals surface area contributed by atoms with Gasteiger partial charge in [0, 0.05) is 34.2 Å². The lowest BCUT2D eigenvalue weighted by molar-refractivity contribution is -0.125. The highest BCUT2D eigenvalue weighted by molar-refractivity contribution is 9.10. The van der Waals surface area contributed by atoms with Crippen molar-refractivity contribution in [2.45, 2.75) is 19.8 Å². The number of halogens is 1. The Balaban J connectivity index is 2.04. The van der Waals surface area contributed by atoms with Crippen molar-refractivity contribution in [3.63, 3.8) is 0 Å². The number of nitrogens with one attached hydrogen (secondary N) is 1. The summed E-state index contributed by atoms with van der Waals surface area (Å²) >= 11 is 3.41. The number of hydrogen-bond donors (Lipinski definition) is 1. The Morgan fingerprint density at radius 1 is 1.25 bits per heavy atom. The van der Waals surface area contributed by atoms with E-state index in [1.54, 1.807) is 4.90 Å². The lowest BCUT2D eigenvalue weighted by Gasteiger charge is -2.13. The summed E-state index contributed by atoms with van der Waals surface area (Å²) in [5.41, 5.74) is 2.12. The zero-order valence-electron chi connectivity index (χ0n) is 11.2. The van der Waals surface area contributed by atoms with Crippen molar-refractivity contribution in [3.8, 4) is 0 Å². The van der Waals surface area contributed by atoms with Gasteiger partial charge in [0.2, 0.25) is 0 Å². The lowest BCUT2D eigenvalue weighted by Crippen LogP contribution is -2.34. The molecule has 0 unspecified atom stereocenters. The highest BCUT2D eigenvalue weighted by Gasteiger charge is 2.28. The molecular weight excluding hydrogens is 320 g/mol. The third kappa shape index (κ3) is 2.16. The third-order valence-corrected chi connectivity index (χ3v) is 4.26. The van der Waals surface area contributed by atoms with Crippen molar-refractivity contribution in [1.82, 2.24) is 9.88 Å². The Labute approximate surface area is 125 Å². The first kappa shape index (κ1) is 13.4. The van der Waals surface area contributed by atoms with E-state index >= 15 is 0 Å². The summed E-state index contributed by atoms with van der Waals surface area (Å²) in [7, 11) is 0. The van der Waals surface area contributed by atoms with E-state index in [-0.39, 0.29) is 5.91 Å². The van der Waals surface area contributed by atoms with Crippen LogP contribution in [-0.4, -0.2) is 34.7 Å². The smallest absolute Gasteiger partial charge is 0.295 e. The first-order valence-electron chi connectivity index (χ1n) is 6.69. The molecule has 0 radical (unpaired) electrons. The molecule has 0 atom stereocenters. The summed E-state index contributed by atoms with van der Waals surface area (Å²) in [4.78, 5) is 29.6. The van der Waals surface area contributed by atoms with E-state index in [4.69, 9.17) is 0 Å². The maximum atomic E-state index is 12.5. The number of aromatic nitrogens is 1. The molecule has 1 aliphatic heterocycles. The topological polar surface area (TPSA) is 53.2 Å². The molecule has 0 saturated carbocycles. The van der Waals surface area contributed by atoms with Gasteiger partial charge in [0.1, 0.15) is 0 Å². The van der Waals surface area contributed by atoms with Crippen LogP contribution in [0.5, 0.6) is 0 Å². The number of Topliss-reactive ketones (excluding diaryl/α,β-unsaturated/α-hetero) is 1. The van der Waals surface area contributed by atoms with Gasteiger partial charge in [-0.05, 0) is 38.0 Å². The van der Waals surface area contributed by atoms with Crippen molar-refractivity contribution in [3.05, 3.63) is 33.9 Å². The Kier molecular flexibility index (Phi) is 3.38. The van der Waals surface area contributed by atoms with Crippen LogP contribution in [0.4, 0.5) is 0 Å². The molecule has 1 aliphatic rings. The molecule has 1 aromatic carbocycles. The first-order valence-corrected chi connectivity index (χ1v) is 7.48. The SMILES string of the molecule is Cc1[nH]c2ccc(Br)cc2c1C(=O)C(=O)N1CCCC1. The van der Waals surface area contributed by atoms with Crippen LogP contribution in [0.3, 0.4) is 0 Å². The zero-order chi connectivity index (χ0) is 14.3. The van der Waals surface area contributed by atoms with Gasteiger partial charge in [0.05, 0.1) is 5.56 Å². The predicted octanol–water partition coefficient (Wildman–Crippen LogP) is 3.04. The summed E-state index contributed by atoms with van der Waals surface area (Å²) in [6.45, 7) is 3.21. The van der Waals surface area contributed by atoms with E-state index in [1.165, 1.54) is 0 Å². The van der Waals surface area contributed by atoms with Gasteiger partial charge in [-0.15, -0.1) is 0 Å². The number of aryl methyl sites for hydroxylation is 1. The molecular formula is C15H15BrN2O2. The predicted molar refractivity (Wildman–Crippen MR) is 80.9 cm³/mol. The summed E-state index contributed by atoms with van der Waals surface area (Å²) in [5.74, 6) is -0.791. The number of ketones is 1. The number of likely N-dealkylation sites (tertiary alicyclic amines) is 1. The van der Waals surface area contributed by atoms with Crippen LogP contribution < -0.4 is 0 Å². The fourth-order valence-corrected chi connectivity index (χ4v) is 3.12. The van der Waals surface area contributed by atoms with Crippen molar-refractivity contribution in [2.75, 3.05) is 13.1 Å². The van der Waals surface area contributed by atoms with Gasteiger partial charge >= 0.3 is 0 Å². The maximum Gasteiger partial charge on any atom is 0.295 e. The Morgan fingerprint density at radius 3 is 2.65 bits per heavy atom. The lowest BCUT2D eigenvalue weighted by atomic mass is 10.1. The highest BCUT2D eigenvalue weighted by atomic mass is 79.9. The van der Waals surface area contributed by atoms with Crippen LogP contribution in [0.15, 0.2) is 22.7 Å². The van der Waals surface area contributed by atoms with Gasteiger partial charge in [-0.1, -0.05) is 15.9 Å². The average molecular weight is 335 g/mol. The Bertz CT molecular complexity index is 699. The second-order valence-corrected chi connectivity index (χ2v) is 6.06. The number of fused-ring (bicyclic) bond motifs is 1. The monoisotopic (exact) mass is 334 g/mol. The summed E-state index contributed by atoms with van der Waals surface area (Å²) < 4.78 is 0.895. The van der Waals surface area contributed by atoms with Crippen LogP contribution in [0, 0.1) is 6.92 Å². The van der Waals surface area contributed by atoms with Gasteiger partial charge in [-0.2, -0.15) is 0 Å². The van der Waals surface area contributed by atoms with E-state index in [1.807, 2.05) is 25.1 Å². The number of hydrogen-bond acceptors (Lipinski definition) is 2. The van der Waals surface area contributed by atoms with E-state index in [2.05, 4.69) is 20.9 Å². The minimum Gasteiger partial charge on any atom is -0.358 e. The van der Waals surface area contributed by atoms with Crippen LogP contribution >= 0.6 is 15.9 Å². The van der Waals surface area contributed by atoms with E-state index in [0.29, 0.717) is 18.7 Å². The fraction of sp³-hybridized carbons (Fsp3) is 0.333. The molecule has 4 nitrogen and oxygen atoms in total. The molecule has 0 aliphatic carbocycles. The third-order valence-electron chi connectivity index (χ3n) is 3.76. The summed E-state index contributed by atoms with van der Waals surface area (Å²) in [6, 6.07) is 5.70. The van der Waals surface area contributed by atoms with Gasteiger partial charge in [0.15, 0.2) is 0 Å². The number of aromatic amines is 1. The molecule has 1 amide bonds. The van der Waals surface area contributed by atoms with Gasteiger partial charge in [-0.25, -0.2) is 0 Å². The van der Waals surface area contributed by atoms with Crippen molar-refractivity contribution in [2.24, 2.45) is 0 Å². The van der Waals surface area contributed by atoms with Crippen molar-refractivity contribution in [1.29, 1.82) is 0 Å². The van der Waals surface area contributed by atoms with Crippen LogP contribution in [0.1, 0.15) is 28.9 Å². The molecule has 2 aromatic rings. The molecule has 2 heterocycles. The van der Waals surface area contributed by atoms with E-state index in [0.717, 1.165) is 33.9 Å². The highest BCUT2D eigenvalue weighted by Crippen LogP contribution is 2.26. The standard InChI is InChI=1S/C15H15BrN2O2/c1-9-13(11-8-10(16)4-5-12(11)17-9)14(19)15(20)18-6-2-3-7-18/h4-5,8,17H,2-3,6-7H2,1H3. The van der Waals surface area contributed by atoms with Crippen molar-refractivity contribution < 1.29 is 9.59 Å². The minimum absolute atomic E-state index is 0.383. The number of benzene rings is 1. The Hall–Kier alpha value is -1.62. The second-order valence-electron chi connectivity index (χ2n) is 5.14. The molecule has 3 rings (SSSR count). The molecule has 0 spiro atoms. The molecule has 1 fully saturated rings. The van der Waals surface area contributed by atoms with E-state index in [9.17, 15) is 9.59 Å². The normalized spacial score (nSPS) is 15.0. The van der Waals surface area contributed by atoms with Gasteiger partial charge < -0.3 is 9.88 Å². The maximum absolute atomic E-state index is 12.5. The molecule has 1 saturated heterocycles. The number of nitrogens with zero attached hydrogens (tertiary/aromatic N) is 1. The number of rotatable bonds is 2. The van der Waals surface area contributed by atoms with Crippen LogP contribution in [0.2, 0.25) is 0 Å². The first-order chi connectivity index (χ1) is 9.58. The molecule has 1 aromatic heterocycles. The molecule has 104 valence electrons. The fourth-order valence-electron chi connectivity index (χ4n) is 2.76. The number of H-pyrrole nitrogens is 1. The molecule has 5 heteroatoms. The number of carbonyl (C=O) groups is 2. The summed E-state index contributed by atoms with van der Waals surface area (Å²) in [5, 5.41) is 0.800.